The maximum Gasteiger partial charge on any atom is 0.434 e. The van der Waals surface area contributed by atoms with Crippen LogP contribution in [0.15, 0.2) is 18.2 Å². The van der Waals surface area contributed by atoms with Gasteiger partial charge in [-0.25, -0.2) is 18.0 Å². The maximum absolute atomic E-state index is 13.3. The Balaban J connectivity index is 3.08. The van der Waals surface area contributed by atoms with E-state index < -0.39 is 53.2 Å². The van der Waals surface area contributed by atoms with Crippen LogP contribution >= 0.6 is 0 Å². The highest BCUT2D eigenvalue weighted by Crippen LogP contribution is 2.35. The Morgan fingerprint density at radius 2 is 1.42 bits per heavy atom. The molecule has 0 unspecified atom stereocenters. The van der Waals surface area contributed by atoms with Gasteiger partial charge in [0.15, 0.2) is 11.6 Å². The van der Waals surface area contributed by atoms with E-state index in [-0.39, 0.29) is 18.2 Å². The number of aliphatic hydroxyl groups excluding tert-OH is 1. The number of benzene rings is 1. The predicted molar refractivity (Wildman–Crippen MR) is 58.9 cm³/mol. The first-order valence-electron chi connectivity index (χ1n) is 5.63. The van der Waals surface area contributed by atoms with E-state index in [9.17, 15) is 49.4 Å². The van der Waals surface area contributed by atoms with Crippen molar-refractivity contribution in [2.45, 2.75) is 18.5 Å². The fourth-order valence-electron chi connectivity index (χ4n) is 1.38. The molecular weight excluding hydrogens is 363 g/mol. The van der Waals surface area contributed by atoms with E-state index in [4.69, 9.17) is 0 Å². The summed E-state index contributed by atoms with van der Waals surface area (Å²) in [6.45, 7) is 0. The first kappa shape index (κ1) is 19.6. The van der Waals surface area contributed by atoms with Crippen molar-refractivity contribution in [1.29, 1.82) is 0 Å². The monoisotopic (exact) mass is 368 g/mol. The molecule has 0 aliphatic rings. The van der Waals surface area contributed by atoms with E-state index in [0.717, 1.165) is 0 Å². The van der Waals surface area contributed by atoms with Crippen molar-refractivity contribution in [2.75, 3.05) is 0 Å². The summed E-state index contributed by atoms with van der Waals surface area (Å²) in [7, 11) is 0. The zero-order valence-corrected chi connectivity index (χ0v) is 11.0. The molecule has 0 saturated heterocycles. The zero-order chi connectivity index (χ0) is 18.9. The fraction of sp³-hybridized carbons (Fsp3) is 0.250. The number of ether oxygens (including phenoxy) is 1. The van der Waals surface area contributed by atoms with Gasteiger partial charge in [0.2, 0.25) is 0 Å². The van der Waals surface area contributed by atoms with Gasteiger partial charge in [-0.15, -0.1) is 0 Å². The van der Waals surface area contributed by atoms with Crippen LogP contribution in [0.4, 0.5) is 39.5 Å². The van der Waals surface area contributed by atoms with Crippen LogP contribution in [0.5, 0.6) is 0 Å². The molecule has 0 atom stereocenters. The SMILES string of the molecule is O=C(/C=C(\O)c1cc(F)c(F)cc1F)OC(C(F)(F)F)C(F)(F)F. The standard InChI is InChI=1S/C12H5F9O3/c13-5-2-7(15)6(14)1-4(5)8(22)3-9(23)24-10(11(16,17)18)12(19,20)21/h1-3,10,22H/b8-3-. The average Bonchev–Trinajstić information content (AvgIpc) is 2.37. The van der Waals surface area contributed by atoms with Crippen LogP contribution in [-0.4, -0.2) is 29.5 Å². The van der Waals surface area contributed by atoms with Gasteiger partial charge in [0.25, 0.3) is 6.10 Å². The lowest BCUT2D eigenvalue weighted by molar-refractivity contribution is -0.312. The number of hydrogen-bond acceptors (Lipinski definition) is 3. The van der Waals surface area contributed by atoms with E-state index in [1.165, 1.54) is 0 Å². The number of halogens is 9. The summed E-state index contributed by atoms with van der Waals surface area (Å²) in [4.78, 5) is 11.0. The Bertz CT molecular complexity index is 647. The fourth-order valence-corrected chi connectivity index (χ4v) is 1.38. The molecule has 0 bridgehead atoms. The predicted octanol–water partition coefficient (Wildman–Crippen LogP) is 4.04. The van der Waals surface area contributed by atoms with Gasteiger partial charge in [0.1, 0.15) is 11.6 Å². The smallest absolute Gasteiger partial charge is 0.434 e. The summed E-state index contributed by atoms with van der Waals surface area (Å²) in [6, 6.07) is -0.0247. The Kier molecular flexibility index (Phi) is 5.41. The molecule has 134 valence electrons. The van der Waals surface area contributed by atoms with E-state index in [1.807, 2.05) is 0 Å². The number of alkyl halides is 6. The van der Waals surface area contributed by atoms with Crippen LogP contribution in [0.1, 0.15) is 5.56 Å². The molecule has 12 heteroatoms. The normalized spacial score (nSPS) is 13.3. The Morgan fingerprint density at radius 1 is 0.958 bits per heavy atom. The number of aliphatic hydroxyl groups is 1. The van der Waals surface area contributed by atoms with Crippen molar-refractivity contribution in [3.8, 4) is 0 Å². The van der Waals surface area contributed by atoms with Crippen molar-refractivity contribution < 1.29 is 54.2 Å². The molecule has 0 fully saturated rings. The van der Waals surface area contributed by atoms with Gasteiger partial charge in [0.05, 0.1) is 11.6 Å². The van der Waals surface area contributed by atoms with Crippen molar-refractivity contribution in [3.05, 3.63) is 41.2 Å². The lowest BCUT2D eigenvalue weighted by Crippen LogP contribution is -2.45. The van der Waals surface area contributed by atoms with Gasteiger partial charge >= 0.3 is 18.3 Å². The minimum Gasteiger partial charge on any atom is -0.507 e. The second-order valence-electron chi connectivity index (χ2n) is 4.18. The van der Waals surface area contributed by atoms with Crippen molar-refractivity contribution in [2.24, 2.45) is 0 Å². The van der Waals surface area contributed by atoms with Gasteiger partial charge in [-0.1, -0.05) is 0 Å². The molecule has 0 saturated carbocycles. The highest BCUT2D eigenvalue weighted by molar-refractivity contribution is 5.89. The number of rotatable bonds is 3. The van der Waals surface area contributed by atoms with E-state index in [1.54, 1.807) is 0 Å². The Labute approximate surface area is 126 Å². The number of esters is 1. The molecule has 0 spiro atoms. The van der Waals surface area contributed by atoms with Crippen LogP contribution in [-0.2, 0) is 9.53 Å². The molecule has 0 aromatic heterocycles. The molecule has 3 nitrogen and oxygen atoms in total. The Morgan fingerprint density at radius 3 is 1.88 bits per heavy atom. The van der Waals surface area contributed by atoms with Crippen molar-refractivity contribution in [1.82, 2.24) is 0 Å². The minimum atomic E-state index is -6.00. The summed E-state index contributed by atoms with van der Waals surface area (Å²) in [6.07, 6.45) is -16.8. The highest BCUT2D eigenvalue weighted by atomic mass is 19.4. The van der Waals surface area contributed by atoms with E-state index in [0.29, 0.717) is 0 Å². The van der Waals surface area contributed by atoms with Crippen molar-refractivity contribution >= 4 is 11.7 Å². The lowest BCUT2D eigenvalue weighted by Gasteiger charge is -2.22. The molecule has 1 N–H and O–H groups in total. The molecule has 0 aliphatic carbocycles. The molecule has 0 radical (unpaired) electrons. The quantitative estimate of drug-likeness (QED) is 0.288. The minimum absolute atomic E-state index is 0.0365. The summed E-state index contributed by atoms with van der Waals surface area (Å²) >= 11 is 0. The number of carbonyl (C=O) groups is 1. The molecule has 0 heterocycles. The molecule has 1 aromatic rings. The summed E-state index contributed by atoms with van der Waals surface area (Å²) < 4.78 is 115. The first-order valence-corrected chi connectivity index (χ1v) is 5.63. The second kappa shape index (κ2) is 6.61. The van der Waals surface area contributed by atoms with Crippen LogP contribution in [0.3, 0.4) is 0 Å². The summed E-state index contributed by atoms with van der Waals surface area (Å²) in [5.74, 6) is -8.90. The van der Waals surface area contributed by atoms with Crippen LogP contribution in [0, 0.1) is 17.5 Å². The zero-order valence-electron chi connectivity index (χ0n) is 11.0. The van der Waals surface area contributed by atoms with Crippen LogP contribution < -0.4 is 0 Å². The third-order valence-corrected chi connectivity index (χ3v) is 2.37. The van der Waals surface area contributed by atoms with Gasteiger partial charge in [-0.2, -0.15) is 26.3 Å². The van der Waals surface area contributed by atoms with Crippen LogP contribution in [0.25, 0.3) is 5.76 Å². The molecule has 1 rings (SSSR count). The third kappa shape index (κ3) is 4.80. The highest BCUT2D eigenvalue weighted by Gasteiger charge is 2.59. The second-order valence-corrected chi connectivity index (χ2v) is 4.18. The lowest BCUT2D eigenvalue weighted by atomic mass is 10.1. The van der Waals surface area contributed by atoms with Crippen molar-refractivity contribution in [3.63, 3.8) is 0 Å². The largest absolute Gasteiger partial charge is 0.507 e. The van der Waals surface area contributed by atoms with Crippen LogP contribution in [0.2, 0.25) is 0 Å². The van der Waals surface area contributed by atoms with E-state index in [2.05, 4.69) is 4.74 Å². The van der Waals surface area contributed by atoms with Gasteiger partial charge in [0, 0.05) is 6.07 Å². The maximum atomic E-state index is 13.3. The number of carbonyl (C=O) groups excluding carboxylic acids is 1. The summed E-state index contributed by atoms with van der Waals surface area (Å²) in [5, 5.41) is 9.27. The third-order valence-electron chi connectivity index (χ3n) is 2.37. The Hall–Kier alpha value is -2.40. The van der Waals surface area contributed by atoms with Gasteiger partial charge in [-0.05, 0) is 6.07 Å². The molecule has 24 heavy (non-hydrogen) atoms. The van der Waals surface area contributed by atoms with Gasteiger partial charge in [-0.3, -0.25) is 0 Å². The molecule has 0 aliphatic heterocycles. The molecule has 0 amide bonds. The molecular formula is C12H5F9O3. The molecule has 1 aromatic carbocycles. The average molecular weight is 368 g/mol. The van der Waals surface area contributed by atoms with Gasteiger partial charge < -0.3 is 9.84 Å². The van der Waals surface area contributed by atoms with E-state index >= 15 is 0 Å². The number of hydrogen-bond donors (Lipinski definition) is 1. The first-order chi connectivity index (χ1) is 10.7. The summed E-state index contributed by atoms with van der Waals surface area (Å²) in [5.41, 5.74) is -1.18. The topological polar surface area (TPSA) is 46.5 Å².